The first-order valence-corrected chi connectivity index (χ1v) is 8.93. The van der Waals surface area contributed by atoms with Crippen molar-refractivity contribution < 1.29 is 14.3 Å². The van der Waals surface area contributed by atoms with Gasteiger partial charge in [-0.05, 0) is 6.92 Å². The molecule has 11 heteroatoms. The smallest absolute Gasteiger partial charge is 0.311 e. The van der Waals surface area contributed by atoms with E-state index in [1.807, 2.05) is 6.07 Å². The first-order chi connectivity index (χ1) is 12.0. The second kappa shape index (κ2) is 8.95. The molecule has 0 aliphatic rings. The maximum Gasteiger partial charge on any atom is 0.311 e. The number of rotatable bonds is 7. The molecule has 1 amide bonds. The Morgan fingerprint density at radius 3 is 2.96 bits per heavy atom. The number of carbonyl (C=O) groups excluding carboxylic acids is 2. The second-order valence-corrected chi connectivity index (χ2v) is 6.33. The average molecular weight is 378 g/mol. The number of nitriles is 1. The van der Waals surface area contributed by atoms with E-state index in [9.17, 15) is 9.59 Å². The van der Waals surface area contributed by atoms with Gasteiger partial charge in [-0.1, -0.05) is 11.8 Å². The molecule has 2 aromatic rings. The number of aromatic nitrogens is 3. The minimum Gasteiger partial charge on any atom is -0.466 e. The van der Waals surface area contributed by atoms with Gasteiger partial charge >= 0.3 is 5.97 Å². The fourth-order valence-corrected chi connectivity index (χ4v) is 2.97. The molecule has 25 heavy (non-hydrogen) atoms. The zero-order valence-corrected chi connectivity index (χ0v) is 14.8. The highest BCUT2D eigenvalue weighted by molar-refractivity contribution is 7.99. The molecule has 2 heterocycles. The maximum absolute atomic E-state index is 11.9. The predicted molar refractivity (Wildman–Crippen MR) is 93.0 cm³/mol. The first kappa shape index (κ1) is 18.6. The number of nitrogens with two attached hydrogens (primary N) is 1. The van der Waals surface area contributed by atoms with Crippen molar-refractivity contribution in [1.82, 2.24) is 15.0 Å². The topological polar surface area (TPSA) is 144 Å². The van der Waals surface area contributed by atoms with Gasteiger partial charge in [0, 0.05) is 5.38 Å². The third kappa shape index (κ3) is 5.70. The number of anilines is 2. The van der Waals surface area contributed by atoms with Crippen molar-refractivity contribution in [2.75, 3.05) is 23.4 Å². The van der Waals surface area contributed by atoms with Crippen LogP contribution in [0.1, 0.15) is 18.2 Å². The van der Waals surface area contributed by atoms with Crippen molar-refractivity contribution in [3.05, 3.63) is 22.8 Å². The lowest BCUT2D eigenvalue weighted by molar-refractivity contribution is -0.142. The van der Waals surface area contributed by atoms with Crippen LogP contribution in [-0.2, 0) is 20.7 Å². The number of amides is 1. The zero-order valence-electron chi connectivity index (χ0n) is 13.2. The molecule has 0 aliphatic carbocycles. The first-order valence-electron chi connectivity index (χ1n) is 7.07. The average Bonchev–Trinajstić information content (AvgIpc) is 3.00. The molecule has 9 nitrogen and oxygen atoms in total. The van der Waals surface area contributed by atoms with Crippen molar-refractivity contribution in [3.63, 3.8) is 0 Å². The molecule has 0 aliphatic heterocycles. The number of nitrogens with one attached hydrogen (secondary N) is 1. The number of nitrogens with zero attached hydrogens (tertiary/aromatic N) is 4. The van der Waals surface area contributed by atoms with E-state index in [-0.39, 0.29) is 35.4 Å². The molecule has 0 atom stereocenters. The Morgan fingerprint density at radius 1 is 1.48 bits per heavy atom. The molecule has 0 spiro atoms. The van der Waals surface area contributed by atoms with E-state index in [0.29, 0.717) is 22.6 Å². The van der Waals surface area contributed by atoms with E-state index in [2.05, 4.69) is 20.3 Å². The summed E-state index contributed by atoms with van der Waals surface area (Å²) in [5, 5.41) is 13.8. The van der Waals surface area contributed by atoms with Crippen LogP contribution in [0, 0.1) is 11.3 Å². The Morgan fingerprint density at radius 2 is 2.28 bits per heavy atom. The van der Waals surface area contributed by atoms with Crippen LogP contribution in [0.2, 0.25) is 0 Å². The molecule has 0 radical (unpaired) electrons. The highest BCUT2D eigenvalue weighted by Gasteiger charge is 2.12. The third-order valence-corrected chi connectivity index (χ3v) is 4.35. The van der Waals surface area contributed by atoms with Crippen molar-refractivity contribution in [2.24, 2.45) is 0 Å². The molecule has 0 saturated carbocycles. The lowest BCUT2D eigenvalue weighted by Crippen LogP contribution is -2.14. The van der Waals surface area contributed by atoms with Gasteiger partial charge in [-0.15, -0.1) is 11.3 Å². The van der Waals surface area contributed by atoms with E-state index in [1.165, 1.54) is 17.5 Å². The minimum atomic E-state index is -0.364. The fourth-order valence-electron chi connectivity index (χ4n) is 1.62. The number of carbonyl (C=O) groups is 2. The minimum absolute atomic E-state index is 0.0537. The third-order valence-electron chi connectivity index (χ3n) is 2.68. The number of nitrogen functional groups attached to an aromatic ring is 1. The lowest BCUT2D eigenvalue weighted by Gasteiger charge is -2.02. The summed E-state index contributed by atoms with van der Waals surface area (Å²) in [5.74, 6) is -0.535. The summed E-state index contributed by atoms with van der Waals surface area (Å²) in [4.78, 5) is 35.4. The number of thiazole rings is 1. The summed E-state index contributed by atoms with van der Waals surface area (Å²) >= 11 is 2.30. The van der Waals surface area contributed by atoms with E-state index in [0.717, 1.165) is 11.8 Å². The van der Waals surface area contributed by atoms with Crippen molar-refractivity contribution >= 4 is 45.9 Å². The van der Waals surface area contributed by atoms with Gasteiger partial charge in [0.15, 0.2) is 10.3 Å². The van der Waals surface area contributed by atoms with Crippen LogP contribution in [0.25, 0.3) is 0 Å². The van der Waals surface area contributed by atoms with Crippen LogP contribution in [0.15, 0.2) is 16.7 Å². The van der Waals surface area contributed by atoms with Crippen LogP contribution in [-0.4, -0.2) is 39.2 Å². The Bertz CT molecular complexity index is 817. The lowest BCUT2D eigenvalue weighted by atomic mass is 10.3. The Balaban J connectivity index is 1.84. The summed E-state index contributed by atoms with van der Waals surface area (Å²) in [5.41, 5.74) is 6.31. The number of esters is 1. The molecule has 0 unspecified atom stereocenters. The zero-order chi connectivity index (χ0) is 18.2. The van der Waals surface area contributed by atoms with Crippen molar-refractivity contribution in [2.45, 2.75) is 18.5 Å². The molecule has 2 rings (SSSR count). The Labute approximate surface area is 151 Å². The molecule has 130 valence electrons. The number of thioether (sulfide) groups is 1. The van der Waals surface area contributed by atoms with E-state index < -0.39 is 0 Å². The van der Waals surface area contributed by atoms with Crippen LogP contribution in [0.3, 0.4) is 0 Å². The summed E-state index contributed by atoms with van der Waals surface area (Å²) < 4.78 is 4.84. The van der Waals surface area contributed by atoms with Gasteiger partial charge in [0.1, 0.15) is 17.5 Å². The molecule has 0 saturated heterocycles. The molecule has 0 aromatic carbocycles. The highest BCUT2D eigenvalue weighted by Crippen LogP contribution is 2.19. The molecule has 2 aromatic heterocycles. The van der Waals surface area contributed by atoms with Crippen LogP contribution < -0.4 is 11.1 Å². The van der Waals surface area contributed by atoms with E-state index in [4.69, 9.17) is 15.7 Å². The molecular formula is C14H14N6O3S2. The SMILES string of the molecule is CCOC(=O)Cc1csc(NC(=O)CSc2ncc(C#N)c(N)n2)n1. The van der Waals surface area contributed by atoms with Crippen molar-refractivity contribution in [3.8, 4) is 6.07 Å². The standard InChI is InChI=1S/C14H14N6O3S2/c1-2-23-11(22)3-9-6-24-14(18-9)19-10(21)7-25-13-17-5-8(4-15)12(16)20-13/h5-6H,2-3,7H2,1H3,(H2,16,17,20)(H,18,19,21). The Kier molecular flexibility index (Phi) is 6.67. The van der Waals surface area contributed by atoms with Gasteiger partial charge in [-0.2, -0.15) is 5.26 Å². The summed E-state index contributed by atoms with van der Waals surface area (Å²) in [6.07, 6.45) is 1.37. The summed E-state index contributed by atoms with van der Waals surface area (Å²) in [7, 11) is 0. The molecule has 0 fully saturated rings. The number of hydrogen-bond acceptors (Lipinski definition) is 10. The van der Waals surface area contributed by atoms with Gasteiger partial charge < -0.3 is 15.8 Å². The number of ether oxygens (including phenoxy) is 1. The van der Waals surface area contributed by atoms with Crippen LogP contribution in [0.5, 0.6) is 0 Å². The molecule has 3 N–H and O–H groups in total. The van der Waals surface area contributed by atoms with Gasteiger partial charge in [0.25, 0.3) is 0 Å². The van der Waals surface area contributed by atoms with E-state index >= 15 is 0 Å². The maximum atomic E-state index is 11.9. The summed E-state index contributed by atoms with van der Waals surface area (Å²) in [6.45, 7) is 2.04. The van der Waals surface area contributed by atoms with Crippen LogP contribution in [0.4, 0.5) is 10.9 Å². The molecular weight excluding hydrogens is 364 g/mol. The summed E-state index contributed by atoms with van der Waals surface area (Å²) in [6, 6.07) is 1.87. The number of hydrogen-bond donors (Lipinski definition) is 2. The Hall–Kier alpha value is -2.71. The van der Waals surface area contributed by atoms with E-state index in [1.54, 1.807) is 12.3 Å². The quantitative estimate of drug-likeness (QED) is 0.413. The second-order valence-electron chi connectivity index (χ2n) is 4.53. The van der Waals surface area contributed by atoms with Gasteiger partial charge in [-0.3, -0.25) is 9.59 Å². The van der Waals surface area contributed by atoms with Gasteiger partial charge in [0.2, 0.25) is 5.91 Å². The highest BCUT2D eigenvalue weighted by atomic mass is 32.2. The predicted octanol–water partition coefficient (Wildman–Crippen LogP) is 1.22. The monoisotopic (exact) mass is 378 g/mol. The van der Waals surface area contributed by atoms with Gasteiger partial charge in [-0.25, -0.2) is 15.0 Å². The van der Waals surface area contributed by atoms with Gasteiger partial charge in [0.05, 0.1) is 30.7 Å². The molecule has 0 bridgehead atoms. The normalized spacial score (nSPS) is 10.1. The van der Waals surface area contributed by atoms with Crippen molar-refractivity contribution in [1.29, 1.82) is 5.26 Å². The van der Waals surface area contributed by atoms with Crippen LogP contribution >= 0.6 is 23.1 Å². The fraction of sp³-hybridized carbons (Fsp3) is 0.286. The largest absolute Gasteiger partial charge is 0.466 e.